The van der Waals surface area contributed by atoms with Gasteiger partial charge in [-0.1, -0.05) is 13.0 Å². The number of carbonyl (C=O) groups is 2. The highest BCUT2D eigenvalue weighted by atomic mass is 16.4. The van der Waals surface area contributed by atoms with Gasteiger partial charge in [-0.15, -0.1) is 0 Å². The zero-order valence-electron chi connectivity index (χ0n) is 11.3. The molecule has 0 atom stereocenters. The fourth-order valence-corrected chi connectivity index (χ4v) is 1.87. The third-order valence-corrected chi connectivity index (χ3v) is 3.11. The molecule has 0 unspecified atom stereocenters. The molecule has 19 heavy (non-hydrogen) atoms. The highest BCUT2D eigenvalue weighted by Gasteiger charge is 2.09. The summed E-state index contributed by atoms with van der Waals surface area (Å²) in [6, 6.07) is 5.34. The molecule has 3 N–H and O–H groups in total. The van der Waals surface area contributed by atoms with E-state index in [1.165, 1.54) is 0 Å². The van der Waals surface area contributed by atoms with Gasteiger partial charge < -0.3 is 10.8 Å². The Bertz CT molecular complexity index is 472. The Balaban J connectivity index is 2.74. The Morgan fingerprint density at radius 1 is 1.37 bits per heavy atom. The molecule has 1 rings (SSSR count). The maximum Gasteiger partial charge on any atom is 0.304 e. The molecule has 0 bridgehead atoms. The second kappa shape index (κ2) is 6.89. The monoisotopic (exact) mass is 264 g/mol. The number of rotatable bonds is 7. The van der Waals surface area contributed by atoms with Crippen molar-refractivity contribution in [3.05, 3.63) is 34.9 Å². The first-order valence-electron chi connectivity index (χ1n) is 6.27. The molecule has 1 amide bonds. The van der Waals surface area contributed by atoms with Crippen LogP contribution in [-0.4, -0.2) is 35.0 Å². The molecule has 1 aromatic rings. The smallest absolute Gasteiger partial charge is 0.304 e. The van der Waals surface area contributed by atoms with Crippen LogP contribution in [0.15, 0.2) is 18.2 Å². The second-order valence-corrected chi connectivity index (χ2v) is 4.52. The first-order chi connectivity index (χ1) is 8.93. The lowest BCUT2D eigenvalue weighted by Gasteiger charge is -2.20. The summed E-state index contributed by atoms with van der Waals surface area (Å²) in [6.45, 7) is 5.89. The SMILES string of the molecule is CCN(CCC(=O)O)Cc1ccc(C(N)=O)cc1C. The minimum absolute atomic E-state index is 0.131. The van der Waals surface area contributed by atoms with E-state index < -0.39 is 11.9 Å². The summed E-state index contributed by atoms with van der Waals surface area (Å²) in [6.07, 6.45) is 0.131. The van der Waals surface area contributed by atoms with Gasteiger partial charge in [0.2, 0.25) is 5.91 Å². The summed E-state index contributed by atoms with van der Waals surface area (Å²) in [5, 5.41) is 8.70. The topological polar surface area (TPSA) is 83.6 Å². The lowest BCUT2D eigenvalue weighted by atomic mass is 10.0. The number of carboxylic acids is 1. The first kappa shape index (κ1) is 15.2. The van der Waals surface area contributed by atoms with Crippen LogP contribution in [-0.2, 0) is 11.3 Å². The minimum atomic E-state index is -0.792. The maximum atomic E-state index is 11.1. The minimum Gasteiger partial charge on any atom is -0.481 e. The summed E-state index contributed by atoms with van der Waals surface area (Å²) >= 11 is 0. The van der Waals surface area contributed by atoms with Crippen LogP contribution in [0.4, 0.5) is 0 Å². The van der Waals surface area contributed by atoms with Gasteiger partial charge in [0.05, 0.1) is 6.42 Å². The van der Waals surface area contributed by atoms with Crippen LogP contribution in [0.25, 0.3) is 0 Å². The molecule has 0 saturated heterocycles. The highest BCUT2D eigenvalue weighted by molar-refractivity contribution is 5.93. The largest absolute Gasteiger partial charge is 0.481 e. The van der Waals surface area contributed by atoms with Crippen molar-refractivity contribution < 1.29 is 14.7 Å². The van der Waals surface area contributed by atoms with Gasteiger partial charge in [-0.05, 0) is 36.7 Å². The van der Waals surface area contributed by atoms with Crippen LogP contribution < -0.4 is 5.73 Å². The molecular weight excluding hydrogens is 244 g/mol. The molecule has 0 aliphatic carbocycles. The Morgan fingerprint density at radius 3 is 2.53 bits per heavy atom. The van der Waals surface area contributed by atoms with Crippen LogP contribution in [0, 0.1) is 6.92 Å². The van der Waals surface area contributed by atoms with E-state index in [0.717, 1.165) is 17.7 Å². The molecule has 5 heteroatoms. The molecular formula is C14H20N2O3. The first-order valence-corrected chi connectivity index (χ1v) is 6.27. The van der Waals surface area contributed by atoms with E-state index in [-0.39, 0.29) is 6.42 Å². The van der Waals surface area contributed by atoms with Gasteiger partial charge >= 0.3 is 5.97 Å². The van der Waals surface area contributed by atoms with Crippen LogP contribution in [0.3, 0.4) is 0 Å². The summed E-state index contributed by atoms with van der Waals surface area (Å²) in [4.78, 5) is 23.7. The van der Waals surface area contributed by atoms with Crippen molar-refractivity contribution in [2.75, 3.05) is 13.1 Å². The number of nitrogens with two attached hydrogens (primary N) is 1. The summed E-state index contributed by atoms with van der Waals surface area (Å²) in [5.41, 5.74) is 7.79. The Morgan fingerprint density at radius 2 is 2.05 bits per heavy atom. The third-order valence-electron chi connectivity index (χ3n) is 3.11. The van der Waals surface area contributed by atoms with Gasteiger partial charge in [0, 0.05) is 18.7 Å². The van der Waals surface area contributed by atoms with Crippen molar-refractivity contribution >= 4 is 11.9 Å². The number of nitrogens with zero attached hydrogens (tertiary/aromatic N) is 1. The van der Waals surface area contributed by atoms with Gasteiger partial charge in [0.15, 0.2) is 0 Å². The lowest BCUT2D eigenvalue weighted by molar-refractivity contribution is -0.137. The predicted octanol–water partition coefficient (Wildman–Crippen LogP) is 1.39. The number of benzene rings is 1. The zero-order valence-corrected chi connectivity index (χ0v) is 11.3. The molecule has 0 heterocycles. The van der Waals surface area contributed by atoms with Crippen molar-refractivity contribution in [2.24, 2.45) is 5.73 Å². The van der Waals surface area contributed by atoms with Crippen molar-refractivity contribution in [3.63, 3.8) is 0 Å². The van der Waals surface area contributed by atoms with Gasteiger partial charge in [0.1, 0.15) is 0 Å². The summed E-state index contributed by atoms with van der Waals surface area (Å²) in [7, 11) is 0. The molecule has 0 spiro atoms. The number of hydrogen-bond acceptors (Lipinski definition) is 3. The van der Waals surface area contributed by atoms with Gasteiger partial charge in [-0.3, -0.25) is 14.5 Å². The number of carbonyl (C=O) groups excluding carboxylic acids is 1. The van der Waals surface area contributed by atoms with Crippen molar-refractivity contribution in [1.29, 1.82) is 0 Å². The average molecular weight is 264 g/mol. The molecule has 0 fully saturated rings. The third kappa shape index (κ3) is 4.71. The maximum absolute atomic E-state index is 11.1. The molecule has 0 radical (unpaired) electrons. The van der Waals surface area contributed by atoms with Gasteiger partial charge in [0.25, 0.3) is 0 Å². The molecule has 1 aromatic carbocycles. The van der Waals surface area contributed by atoms with Crippen LogP contribution in [0.5, 0.6) is 0 Å². The van der Waals surface area contributed by atoms with Crippen LogP contribution in [0.1, 0.15) is 34.8 Å². The number of aliphatic carboxylic acids is 1. The number of hydrogen-bond donors (Lipinski definition) is 2. The quantitative estimate of drug-likeness (QED) is 0.779. The normalized spacial score (nSPS) is 10.7. The van der Waals surface area contributed by atoms with E-state index >= 15 is 0 Å². The number of carboxylic acid groups (broad SMARTS) is 1. The molecule has 0 aliphatic rings. The van der Waals surface area contributed by atoms with Crippen molar-refractivity contribution in [1.82, 2.24) is 4.90 Å². The van der Waals surface area contributed by atoms with E-state index in [2.05, 4.69) is 4.90 Å². The lowest BCUT2D eigenvalue weighted by Crippen LogP contribution is -2.26. The average Bonchev–Trinajstić information content (AvgIpc) is 2.35. The second-order valence-electron chi connectivity index (χ2n) is 4.52. The van der Waals surface area contributed by atoms with Crippen molar-refractivity contribution in [3.8, 4) is 0 Å². The number of amides is 1. The van der Waals surface area contributed by atoms with Gasteiger partial charge in [-0.25, -0.2) is 0 Å². The van der Waals surface area contributed by atoms with E-state index in [1.54, 1.807) is 12.1 Å². The molecule has 0 saturated carbocycles. The number of primary amides is 1. The molecule has 104 valence electrons. The van der Waals surface area contributed by atoms with Crippen molar-refractivity contribution in [2.45, 2.75) is 26.8 Å². The Labute approximate surface area is 113 Å². The predicted molar refractivity (Wildman–Crippen MR) is 72.9 cm³/mol. The highest BCUT2D eigenvalue weighted by Crippen LogP contribution is 2.13. The summed E-state index contributed by atoms with van der Waals surface area (Å²) in [5.74, 6) is -1.23. The standard InChI is InChI=1S/C14H20N2O3/c1-3-16(7-6-13(17)18)9-12-5-4-11(14(15)19)8-10(12)2/h4-5,8H,3,6-7,9H2,1-2H3,(H2,15,19)(H,17,18). The molecule has 5 nitrogen and oxygen atoms in total. The van der Waals surface area contributed by atoms with E-state index in [4.69, 9.17) is 10.8 Å². The fraction of sp³-hybridized carbons (Fsp3) is 0.429. The Kier molecular flexibility index (Phi) is 5.51. The summed E-state index contributed by atoms with van der Waals surface area (Å²) < 4.78 is 0. The fourth-order valence-electron chi connectivity index (χ4n) is 1.87. The van der Waals surface area contributed by atoms with Gasteiger partial charge in [-0.2, -0.15) is 0 Å². The number of aryl methyl sites for hydroxylation is 1. The van der Waals surface area contributed by atoms with E-state index in [1.807, 2.05) is 19.9 Å². The molecule has 0 aliphatic heterocycles. The zero-order chi connectivity index (χ0) is 14.4. The van der Waals surface area contributed by atoms with E-state index in [0.29, 0.717) is 18.7 Å². The molecule has 0 aromatic heterocycles. The van der Waals surface area contributed by atoms with E-state index in [9.17, 15) is 9.59 Å². The van der Waals surface area contributed by atoms with Crippen LogP contribution in [0.2, 0.25) is 0 Å². The van der Waals surface area contributed by atoms with Crippen LogP contribution >= 0.6 is 0 Å². The Hall–Kier alpha value is -1.88.